The second kappa shape index (κ2) is 7.56. The third-order valence-corrected chi connectivity index (χ3v) is 3.60. The molecule has 2 amide bonds. The Morgan fingerprint density at radius 2 is 2.32 bits per heavy atom. The fourth-order valence-corrected chi connectivity index (χ4v) is 2.27. The van der Waals surface area contributed by atoms with Gasteiger partial charge in [0.1, 0.15) is 11.8 Å². The van der Waals surface area contributed by atoms with Crippen LogP contribution in [0.5, 0.6) is 0 Å². The Labute approximate surface area is 132 Å². The summed E-state index contributed by atoms with van der Waals surface area (Å²) in [5, 5.41) is 8.07. The maximum atomic E-state index is 11.8. The van der Waals surface area contributed by atoms with Crippen molar-refractivity contribution < 1.29 is 14.0 Å². The summed E-state index contributed by atoms with van der Waals surface area (Å²) in [6, 6.07) is 2.88. The number of hydrogen-bond donors (Lipinski definition) is 2. The average Bonchev–Trinajstić information content (AvgIpc) is 3.14. The number of aryl methyl sites for hydroxylation is 1. The van der Waals surface area contributed by atoms with Crippen LogP contribution in [0.2, 0.25) is 0 Å². The van der Waals surface area contributed by atoms with E-state index in [9.17, 15) is 9.59 Å². The van der Waals surface area contributed by atoms with Crippen LogP contribution < -0.4 is 10.6 Å². The second-order valence-electron chi connectivity index (χ2n) is 4.65. The van der Waals surface area contributed by atoms with Crippen molar-refractivity contribution in [3.63, 3.8) is 0 Å². The number of amides is 2. The predicted octanol–water partition coefficient (Wildman–Crippen LogP) is 1.88. The monoisotopic (exact) mass is 319 g/mol. The topological polar surface area (TPSA) is 84.2 Å². The van der Waals surface area contributed by atoms with E-state index in [-0.39, 0.29) is 11.8 Å². The number of nitrogens with one attached hydrogen (secondary N) is 2. The first-order valence-electron chi connectivity index (χ1n) is 6.75. The minimum Gasteiger partial charge on any atom is -0.467 e. The van der Waals surface area contributed by atoms with Gasteiger partial charge in [-0.05, 0) is 32.1 Å². The third-order valence-electron chi connectivity index (χ3n) is 2.81. The second-order valence-corrected chi connectivity index (χ2v) is 5.71. The molecule has 116 valence electrons. The normalized spacial score (nSPS) is 12.3. The molecule has 0 aliphatic rings. The third kappa shape index (κ3) is 4.85. The van der Waals surface area contributed by atoms with E-state index in [0.717, 1.165) is 10.7 Å². The molecule has 0 unspecified atom stereocenters. The van der Waals surface area contributed by atoms with Crippen LogP contribution >= 0.6 is 11.3 Å². The van der Waals surface area contributed by atoms with Gasteiger partial charge in [-0.2, -0.15) is 0 Å². The molecular formula is C15H17N3O3S. The largest absolute Gasteiger partial charge is 0.467 e. The lowest BCUT2D eigenvalue weighted by molar-refractivity contribution is -0.126. The molecule has 0 aromatic carbocycles. The highest BCUT2D eigenvalue weighted by atomic mass is 32.1. The van der Waals surface area contributed by atoms with Crippen LogP contribution in [-0.4, -0.2) is 22.8 Å². The number of nitrogens with zero attached hydrogens (tertiary/aromatic N) is 1. The molecule has 1 atom stereocenters. The molecule has 0 spiro atoms. The van der Waals surface area contributed by atoms with E-state index in [1.165, 1.54) is 23.7 Å². The summed E-state index contributed by atoms with van der Waals surface area (Å²) in [6.45, 7) is 3.81. The van der Waals surface area contributed by atoms with Crippen molar-refractivity contribution in [2.75, 3.05) is 0 Å². The van der Waals surface area contributed by atoms with Gasteiger partial charge in [-0.3, -0.25) is 9.59 Å². The molecule has 2 N–H and O–H groups in total. The van der Waals surface area contributed by atoms with Crippen LogP contribution in [0, 0.1) is 6.92 Å². The molecule has 7 heteroatoms. The van der Waals surface area contributed by atoms with E-state index in [0.29, 0.717) is 12.3 Å². The molecule has 6 nitrogen and oxygen atoms in total. The average molecular weight is 319 g/mol. The fourth-order valence-electron chi connectivity index (χ4n) is 1.69. The number of aromatic nitrogens is 1. The summed E-state index contributed by atoms with van der Waals surface area (Å²) >= 11 is 1.51. The highest BCUT2D eigenvalue weighted by molar-refractivity contribution is 7.09. The number of carbonyl (C=O) groups excluding carboxylic acids is 2. The smallest absolute Gasteiger partial charge is 0.244 e. The summed E-state index contributed by atoms with van der Waals surface area (Å²) in [5.74, 6) is 0.0413. The first kappa shape index (κ1) is 16.0. The maximum absolute atomic E-state index is 11.8. The minimum atomic E-state index is -0.635. The summed E-state index contributed by atoms with van der Waals surface area (Å²) in [7, 11) is 0. The summed E-state index contributed by atoms with van der Waals surface area (Å²) in [6.07, 6.45) is 4.52. The van der Waals surface area contributed by atoms with Gasteiger partial charge in [0.25, 0.3) is 0 Å². The number of thiazole rings is 1. The van der Waals surface area contributed by atoms with E-state index < -0.39 is 6.04 Å². The summed E-state index contributed by atoms with van der Waals surface area (Å²) < 4.78 is 5.12. The van der Waals surface area contributed by atoms with Crippen LogP contribution in [0.4, 0.5) is 0 Å². The number of carbonyl (C=O) groups is 2. The molecule has 0 bridgehead atoms. The Balaban J connectivity index is 1.77. The van der Waals surface area contributed by atoms with Crippen molar-refractivity contribution in [3.8, 4) is 0 Å². The van der Waals surface area contributed by atoms with E-state index in [4.69, 9.17) is 4.42 Å². The van der Waals surface area contributed by atoms with E-state index in [2.05, 4.69) is 15.6 Å². The molecule has 2 heterocycles. The molecule has 22 heavy (non-hydrogen) atoms. The van der Waals surface area contributed by atoms with E-state index >= 15 is 0 Å². The van der Waals surface area contributed by atoms with Gasteiger partial charge < -0.3 is 15.1 Å². The van der Waals surface area contributed by atoms with Crippen LogP contribution in [0.15, 0.2) is 34.3 Å². The first-order chi connectivity index (χ1) is 10.5. The van der Waals surface area contributed by atoms with Gasteiger partial charge in [-0.15, -0.1) is 11.3 Å². The van der Waals surface area contributed by atoms with Gasteiger partial charge in [0, 0.05) is 11.5 Å². The zero-order valence-corrected chi connectivity index (χ0v) is 13.1. The van der Waals surface area contributed by atoms with Crippen molar-refractivity contribution in [2.45, 2.75) is 26.4 Å². The zero-order chi connectivity index (χ0) is 15.9. The molecular weight excluding hydrogens is 302 g/mol. The van der Waals surface area contributed by atoms with Crippen LogP contribution in [-0.2, 0) is 16.1 Å². The fraction of sp³-hybridized carbons (Fsp3) is 0.267. The zero-order valence-electron chi connectivity index (χ0n) is 12.3. The predicted molar refractivity (Wildman–Crippen MR) is 84.0 cm³/mol. The lowest BCUT2D eigenvalue weighted by Crippen LogP contribution is -2.44. The summed E-state index contributed by atoms with van der Waals surface area (Å²) in [5.41, 5.74) is 0.729. The molecule has 2 rings (SSSR count). The molecule has 0 radical (unpaired) electrons. The van der Waals surface area contributed by atoms with Gasteiger partial charge in [0.2, 0.25) is 11.8 Å². The highest BCUT2D eigenvalue weighted by Crippen LogP contribution is 2.08. The van der Waals surface area contributed by atoms with Gasteiger partial charge in [-0.25, -0.2) is 4.98 Å². The van der Waals surface area contributed by atoms with Gasteiger partial charge in [-0.1, -0.05) is 0 Å². The number of furan rings is 1. The summed E-state index contributed by atoms with van der Waals surface area (Å²) in [4.78, 5) is 27.8. The van der Waals surface area contributed by atoms with Crippen molar-refractivity contribution in [1.29, 1.82) is 0 Å². The van der Waals surface area contributed by atoms with Crippen molar-refractivity contribution in [3.05, 3.63) is 46.3 Å². The SMILES string of the molecule is Cc1nc(/C=C/C(=O)N[C@H](C)C(=O)NCc2ccco2)cs1. The number of hydrogen-bond acceptors (Lipinski definition) is 5. The van der Waals surface area contributed by atoms with Crippen molar-refractivity contribution >= 4 is 29.2 Å². The lowest BCUT2D eigenvalue weighted by Gasteiger charge is -2.12. The first-order valence-corrected chi connectivity index (χ1v) is 7.63. The Morgan fingerprint density at radius 3 is 2.95 bits per heavy atom. The van der Waals surface area contributed by atoms with Crippen molar-refractivity contribution in [1.82, 2.24) is 15.6 Å². The Morgan fingerprint density at radius 1 is 1.50 bits per heavy atom. The highest BCUT2D eigenvalue weighted by Gasteiger charge is 2.14. The molecule has 0 aliphatic heterocycles. The Kier molecular flexibility index (Phi) is 5.48. The van der Waals surface area contributed by atoms with Crippen molar-refractivity contribution in [2.24, 2.45) is 0 Å². The maximum Gasteiger partial charge on any atom is 0.244 e. The van der Waals surface area contributed by atoms with E-state index in [1.807, 2.05) is 12.3 Å². The molecule has 0 fully saturated rings. The van der Waals surface area contributed by atoms with E-state index in [1.54, 1.807) is 25.1 Å². The van der Waals surface area contributed by atoms with Gasteiger partial charge in [0.15, 0.2) is 0 Å². The molecule has 2 aromatic rings. The Bertz CT molecular complexity index is 661. The number of rotatable bonds is 6. The molecule has 0 saturated carbocycles. The standard InChI is InChI=1S/C15H17N3O3S/c1-10(15(20)16-8-13-4-3-7-21-13)17-14(19)6-5-12-9-22-11(2)18-12/h3-7,9-10H,8H2,1-2H3,(H,16,20)(H,17,19)/b6-5+/t10-/m1/s1. The van der Waals surface area contributed by atoms with Gasteiger partial charge in [0.05, 0.1) is 23.5 Å². The lowest BCUT2D eigenvalue weighted by atomic mass is 10.3. The molecule has 0 saturated heterocycles. The minimum absolute atomic E-state index is 0.275. The molecule has 2 aromatic heterocycles. The van der Waals surface area contributed by atoms with Crippen LogP contribution in [0.3, 0.4) is 0 Å². The molecule has 0 aliphatic carbocycles. The van der Waals surface area contributed by atoms with Crippen LogP contribution in [0.1, 0.15) is 23.4 Å². The van der Waals surface area contributed by atoms with Gasteiger partial charge >= 0.3 is 0 Å². The van der Waals surface area contributed by atoms with Crippen LogP contribution in [0.25, 0.3) is 6.08 Å². The quantitative estimate of drug-likeness (QED) is 0.796. The Hall–Kier alpha value is -2.41.